The Morgan fingerprint density at radius 2 is 1.65 bits per heavy atom. The Labute approximate surface area is 232 Å². The summed E-state index contributed by atoms with van der Waals surface area (Å²) in [6, 6.07) is 12.2. The number of halogens is 3. The number of piperazine rings is 1. The van der Waals surface area contributed by atoms with Crippen molar-refractivity contribution >= 4 is 15.8 Å². The van der Waals surface area contributed by atoms with Gasteiger partial charge >= 0.3 is 6.18 Å². The minimum atomic E-state index is -4.47. The van der Waals surface area contributed by atoms with Gasteiger partial charge in [-0.2, -0.15) is 22.5 Å². The molecule has 216 valence electrons. The number of alkyl halides is 3. The Kier molecular flexibility index (Phi) is 9.72. The van der Waals surface area contributed by atoms with E-state index in [1.54, 1.807) is 23.4 Å². The van der Waals surface area contributed by atoms with Crippen LogP contribution in [0.5, 0.6) is 0 Å². The maximum atomic E-state index is 13.5. The van der Waals surface area contributed by atoms with Crippen LogP contribution in [0.25, 0.3) is 0 Å². The summed E-state index contributed by atoms with van der Waals surface area (Å²) < 4.78 is 67.0. The summed E-state index contributed by atoms with van der Waals surface area (Å²) in [4.78, 5) is 14.1. The molecule has 4 rings (SSSR count). The Bertz CT molecular complexity index is 1310. The van der Waals surface area contributed by atoms with E-state index in [0.29, 0.717) is 30.9 Å². The Balaban J connectivity index is 1.41. The fraction of sp³-hybridized carbons (Fsp3) is 0.444. The molecule has 1 unspecified atom stereocenters. The molecule has 9 nitrogen and oxygen atoms in total. The average molecular weight is 579 g/mol. The Hall–Kier alpha value is -3.13. The second-order valence-corrected chi connectivity index (χ2v) is 11.8. The maximum absolute atomic E-state index is 13.5. The fourth-order valence-corrected chi connectivity index (χ4v) is 6.47. The molecule has 3 heterocycles. The summed E-state index contributed by atoms with van der Waals surface area (Å²) in [7, 11) is -3.77. The molecule has 1 aliphatic rings. The molecule has 2 aromatic heterocycles. The highest BCUT2D eigenvalue weighted by atomic mass is 32.2. The number of rotatable bonds is 11. The van der Waals surface area contributed by atoms with Crippen molar-refractivity contribution in [2.45, 2.75) is 44.4 Å². The quantitative estimate of drug-likeness (QED) is 0.338. The molecule has 0 aliphatic carbocycles. The van der Waals surface area contributed by atoms with Crippen molar-refractivity contribution in [1.82, 2.24) is 24.3 Å². The molecular formula is C27H33F3N6O3S. The van der Waals surface area contributed by atoms with Gasteiger partial charge in [0.1, 0.15) is 11.6 Å². The van der Waals surface area contributed by atoms with Crippen LogP contribution in [0, 0.1) is 0 Å². The smallest absolute Gasteiger partial charge is 0.354 e. The molecule has 0 radical (unpaired) electrons. The van der Waals surface area contributed by atoms with E-state index in [4.69, 9.17) is 0 Å². The standard InChI is InChI=1S/C27H33F3N6O3S/c1-21(22-7-3-2-4-8-22)36(37)24(9-5-10-25-31-13-6-14-32-25)20-40(38,39)35-17-15-34(16-18-35)26-12-11-23(19-33-26)27(28,29)30/h2-4,6-8,11-14,19,21,24,37H,5,9-10,15-18,20H2,1H3/t21-,24?/m0/s1. The number of benzene rings is 1. The maximum Gasteiger partial charge on any atom is 0.417 e. The first-order chi connectivity index (χ1) is 19.0. The second-order valence-electron chi connectivity index (χ2n) is 9.75. The summed E-state index contributed by atoms with van der Waals surface area (Å²) in [6.45, 7) is 2.73. The van der Waals surface area contributed by atoms with Crippen molar-refractivity contribution in [3.05, 3.63) is 84.1 Å². The molecule has 0 saturated carbocycles. The van der Waals surface area contributed by atoms with Crippen molar-refractivity contribution in [2.24, 2.45) is 0 Å². The van der Waals surface area contributed by atoms with Crippen LogP contribution < -0.4 is 4.90 Å². The van der Waals surface area contributed by atoms with E-state index in [1.807, 2.05) is 37.3 Å². The third-order valence-electron chi connectivity index (χ3n) is 7.04. The molecule has 1 saturated heterocycles. The largest absolute Gasteiger partial charge is 0.417 e. The van der Waals surface area contributed by atoms with Crippen LogP contribution in [0.2, 0.25) is 0 Å². The highest BCUT2D eigenvalue weighted by Gasteiger charge is 2.34. The van der Waals surface area contributed by atoms with E-state index in [1.165, 1.54) is 10.4 Å². The number of hydrogen-bond donors (Lipinski definition) is 1. The van der Waals surface area contributed by atoms with Gasteiger partial charge in [0.05, 0.1) is 23.4 Å². The number of pyridine rings is 1. The Morgan fingerprint density at radius 1 is 0.975 bits per heavy atom. The monoisotopic (exact) mass is 578 g/mol. The van der Waals surface area contributed by atoms with Gasteiger partial charge in [-0.1, -0.05) is 30.3 Å². The number of hydrogen-bond acceptors (Lipinski definition) is 8. The summed E-state index contributed by atoms with van der Waals surface area (Å²) in [5.74, 6) is 0.733. The van der Waals surface area contributed by atoms with Crippen molar-refractivity contribution in [3.8, 4) is 0 Å². The first kappa shape index (κ1) is 29.8. The molecule has 2 atom stereocenters. The van der Waals surface area contributed by atoms with E-state index in [2.05, 4.69) is 15.0 Å². The van der Waals surface area contributed by atoms with Gasteiger partial charge in [0.15, 0.2) is 0 Å². The Morgan fingerprint density at radius 3 is 2.25 bits per heavy atom. The molecule has 3 aromatic rings. The molecule has 0 amide bonds. The fourth-order valence-electron chi connectivity index (χ4n) is 4.73. The summed E-state index contributed by atoms with van der Waals surface area (Å²) in [5.41, 5.74) is 0.0251. The number of aryl methyl sites for hydroxylation is 1. The van der Waals surface area contributed by atoms with Gasteiger partial charge in [-0.3, -0.25) is 0 Å². The SMILES string of the molecule is C[C@@H](c1ccccc1)N(O)C(CCCc1ncccn1)CS(=O)(=O)N1CCN(c2ccc(C(F)(F)F)cn2)CC1. The summed E-state index contributed by atoms with van der Waals surface area (Å²) >= 11 is 0. The summed E-state index contributed by atoms with van der Waals surface area (Å²) in [5, 5.41) is 12.3. The van der Waals surface area contributed by atoms with Gasteiger partial charge in [0.2, 0.25) is 10.0 Å². The molecule has 13 heteroatoms. The van der Waals surface area contributed by atoms with Crippen LogP contribution >= 0.6 is 0 Å². The zero-order chi connectivity index (χ0) is 28.8. The average Bonchev–Trinajstić information content (AvgIpc) is 2.96. The van der Waals surface area contributed by atoms with Gasteiger partial charge in [0.25, 0.3) is 0 Å². The lowest BCUT2D eigenvalue weighted by Crippen LogP contribution is -2.51. The van der Waals surface area contributed by atoms with E-state index in [0.717, 1.165) is 22.9 Å². The van der Waals surface area contributed by atoms with Crippen molar-refractivity contribution in [2.75, 3.05) is 36.8 Å². The number of sulfonamides is 1. The van der Waals surface area contributed by atoms with E-state index >= 15 is 0 Å². The first-order valence-electron chi connectivity index (χ1n) is 13.1. The molecule has 1 aromatic carbocycles. The molecule has 0 spiro atoms. The van der Waals surface area contributed by atoms with Crippen LogP contribution in [0.15, 0.2) is 67.1 Å². The van der Waals surface area contributed by atoms with E-state index in [9.17, 15) is 26.8 Å². The third kappa shape index (κ3) is 7.74. The van der Waals surface area contributed by atoms with Crippen LogP contribution in [0.3, 0.4) is 0 Å². The van der Waals surface area contributed by atoms with Gasteiger partial charge in [-0.25, -0.2) is 23.4 Å². The van der Waals surface area contributed by atoms with Crippen molar-refractivity contribution < 1.29 is 26.8 Å². The zero-order valence-corrected chi connectivity index (χ0v) is 23.0. The van der Waals surface area contributed by atoms with Gasteiger partial charge in [-0.15, -0.1) is 0 Å². The van der Waals surface area contributed by atoms with Crippen LogP contribution in [0.1, 0.15) is 42.8 Å². The minimum absolute atomic E-state index is 0.162. The lowest BCUT2D eigenvalue weighted by Gasteiger charge is -2.37. The normalized spacial score (nSPS) is 16.7. The van der Waals surface area contributed by atoms with E-state index < -0.39 is 33.8 Å². The van der Waals surface area contributed by atoms with Crippen molar-refractivity contribution in [3.63, 3.8) is 0 Å². The molecular weight excluding hydrogens is 545 g/mol. The number of aromatic nitrogens is 3. The first-order valence-corrected chi connectivity index (χ1v) is 14.7. The zero-order valence-electron chi connectivity index (χ0n) is 22.2. The lowest BCUT2D eigenvalue weighted by atomic mass is 10.0. The minimum Gasteiger partial charge on any atom is -0.354 e. The third-order valence-corrected chi connectivity index (χ3v) is 9.00. The van der Waals surface area contributed by atoms with Crippen molar-refractivity contribution in [1.29, 1.82) is 0 Å². The highest BCUT2D eigenvalue weighted by Crippen LogP contribution is 2.30. The summed E-state index contributed by atoms with van der Waals surface area (Å²) in [6.07, 6.45) is 1.15. The van der Waals surface area contributed by atoms with Crippen LogP contribution in [-0.2, 0) is 22.6 Å². The van der Waals surface area contributed by atoms with Gasteiger partial charge < -0.3 is 10.1 Å². The van der Waals surface area contributed by atoms with Gasteiger partial charge in [0, 0.05) is 51.2 Å². The molecule has 40 heavy (non-hydrogen) atoms. The predicted octanol–water partition coefficient (Wildman–Crippen LogP) is 4.19. The topological polar surface area (TPSA) is 103 Å². The van der Waals surface area contributed by atoms with Gasteiger partial charge in [-0.05, 0) is 43.5 Å². The number of nitrogens with zero attached hydrogens (tertiary/aromatic N) is 6. The number of hydroxylamine groups is 2. The van der Waals surface area contributed by atoms with E-state index in [-0.39, 0.29) is 31.9 Å². The number of anilines is 1. The lowest BCUT2D eigenvalue weighted by molar-refractivity contribution is -0.154. The van der Waals surface area contributed by atoms with Crippen LogP contribution in [0.4, 0.5) is 19.0 Å². The molecule has 0 bridgehead atoms. The highest BCUT2D eigenvalue weighted by molar-refractivity contribution is 7.89. The molecule has 1 N–H and O–H groups in total. The van der Waals surface area contributed by atoms with Crippen LogP contribution in [-0.4, -0.2) is 75.9 Å². The molecule has 1 aliphatic heterocycles. The predicted molar refractivity (Wildman–Crippen MR) is 144 cm³/mol. The second kappa shape index (κ2) is 13.0. The molecule has 1 fully saturated rings.